The Bertz CT molecular complexity index is 508. The zero-order chi connectivity index (χ0) is 13.8. The molecule has 0 saturated heterocycles. The van der Waals surface area contributed by atoms with Gasteiger partial charge in [-0.05, 0) is 18.0 Å². The van der Waals surface area contributed by atoms with E-state index in [0.717, 1.165) is 6.42 Å². The number of nitrogen functional groups attached to an aromatic ring is 1. The van der Waals surface area contributed by atoms with Crippen molar-refractivity contribution in [3.63, 3.8) is 0 Å². The number of aliphatic hydroxyl groups is 1. The van der Waals surface area contributed by atoms with E-state index in [1.54, 1.807) is 0 Å². The van der Waals surface area contributed by atoms with Crippen molar-refractivity contribution >= 4 is 34.6 Å². The maximum absolute atomic E-state index is 10.8. The number of anilines is 3. The number of nitrogens with two attached hydrogens (primary N) is 1. The first-order valence-electron chi connectivity index (χ1n) is 5.73. The number of hydrogen-bond donors (Lipinski definition) is 4. The van der Waals surface area contributed by atoms with Gasteiger partial charge in [-0.25, -0.2) is 0 Å². The van der Waals surface area contributed by atoms with Crippen LogP contribution in [0.25, 0.3) is 0 Å². The molecule has 0 radical (unpaired) electrons. The van der Waals surface area contributed by atoms with Crippen molar-refractivity contribution in [3.05, 3.63) is 18.2 Å². The quantitative estimate of drug-likeness (QED) is 0.375. The van der Waals surface area contributed by atoms with E-state index in [0.29, 0.717) is 5.82 Å². The van der Waals surface area contributed by atoms with Gasteiger partial charge in [0.2, 0.25) is 5.95 Å². The number of nitrogens with one attached hydrogen (secondary N) is 2. The van der Waals surface area contributed by atoms with Gasteiger partial charge in [-0.3, -0.25) is 10.1 Å². The van der Waals surface area contributed by atoms with Crippen LogP contribution in [0.2, 0.25) is 0 Å². The second-order valence-corrected chi connectivity index (χ2v) is 4.55. The Hall–Kier alpha value is -1.86. The highest BCUT2D eigenvalue weighted by Gasteiger charge is 2.18. The maximum atomic E-state index is 10.8. The first-order valence-corrected chi connectivity index (χ1v) is 6.11. The summed E-state index contributed by atoms with van der Waals surface area (Å²) in [7, 11) is 0. The molecule has 0 aromatic carbocycles. The lowest BCUT2D eigenvalue weighted by Gasteiger charge is -2.14. The number of aromatic nitrogens is 2. The first-order chi connectivity index (χ1) is 9.06. The summed E-state index contributed by atoms with van der Waals surface area (Å²) in [4.78, 5) is 18.6. The molecule has 0 bridgehead atoms. The van der Waals surface area contributed by atoms with Crippen LogP contribution in [0.5, 0.6) is 0 Å². The lowest BCUT2D eigenvalue weighted by atomic mass is 10.1. The summed E-state index contributed by atoms with van der Waals surface area (Å²) in [6.07, 6.45) is 4.68. The predicted molar refractivity (Wildman–Crippen MR) is 73.1 cm³/mol. The fraction of sp³-hybridized carbons (Fsp3) is 0.364. The molecule has 0 saturated carbocycles. The van der Waals surface area contributed by atoms with Crippen LogP contribution in [-0.4, -0.2) is 33.1 Å². The molecule has 0 unspecified atom stereocenters. The summed E-state index contributed by atoms with van der Waals surface area (Å²) in [6, 6.07) is 1.60. The molecule has 8 heteroatoms. The Balaban J connectivity index is 2.06. The summed E-state index contributed by atoms with van der Waals surface area (Å²) in [5.74, 6) is 0.904. The monoisotopic (exact) mass is 283 g/mol. The Kier molecular flexibility index (Phi) is 4.18. The maximum Gasteiger partial charge on any atom is 0.319 e. The highest BCUT2D eigenvalue weighted by atomic mass is 35.5. The molecule has 1 aliphatic carbocycles. The minimum absolute atomic E-state index is 0.0334. The van der Waals surface area contributed by atoms with Crippen molar-refractivity contribution in [2.24, 2.45) is 5.92 Å². The molecule has 7 nitrogen and oxygen atoms in total. The van der Waals surface area contributed by atoms with E-state index in [2.05, 4.69) is 20.6 Å². The molecule has 1 aliphatic rings. The van der Waals surface area contributed by atoms with E-state index in [9.17, 15) is 4.79 Å². The SMILES string of the molecule is Nc1nc(NC(=O)Cl)cc(N[C@H]2C=C[C@@H](CO)C2)n1. The average molecular weight is 284 g/mol. The highest BCUT2D eigenvalue weighted by molar-refractivity contribution is 6.65. The summed E-state index contributed by atoms with van der Waals surface area (Å²) in [5, 5.41) is 13.8. The van der Waals surface area contributed by atoms with Crippen LogP contribution in [0.1, 0.15) is 6.42 Å². The largest absolute Gasteiger partial charge is 0.396 e. The molecule has 5 N–H and O–H groups in total. The van der Waals surface area contributed by atoms with Crippen LogP contribution in [0.15, 0.2) is 18.2 Å². The van der Waals surface area contributed by atoms with Crippen LogP contribution in [0.3, 0.4) is 0 Å². The predicted octanol–water partition coefficient (Wildman–Crippen LogP) is 1.18. The molecule has 102 valence electrons. The van der Waals surface area contributed by atoms with E-state index >= 15 is 0 Å². The molecule has 2 atom stereocenters. The van der Waals surface area contributed by atoms with Gasteiger partial charge in [0.05, 0.1) is 0 Å². The summed E-state index contributed by atoms with van der Waals surface area (Å²) < 4.78 is 0. The molecule has 2 rings (SSSR count). The number of rotatable bonds is 4. The van der Waals surface area contributed by atoms with Gasteiger partial charge >= 0.3 is 5.37 Å². The number of nitrogens with zero attached hydrogens (tertiary/aromatic N) is 2. The van der Waals surface area contributed by atoms with Gasteiger partial charge in [-0.1, -0.05) is 12.2 Å². The Morgan fingerprint density at radius 2 is 2.21 bits per heavy atom. The lowest BCUT2D eigenvalue weighted by Crippen LogP contribution is -2.18. The Labute approximate surface area is 114 Å². The van der Waals surface area contributed by atoms with Crippen molar-refractivity contribution in [3.8, 4) is 0 Å². The minimum Gasteiger partial charge on any atom is -0.396 e. The number of amides is 1. The number of carbonyl (C=O) groups is 1. The highest BCUT2D eigenvalue weighted by Crippen LogP contribution is 2.21. The van der Waals surface area contributed by atoms with Crippen LogP contribution >= 0.6 is 11.6 Å². The van der Waals surface area contributed by atoms with Crippen molar-refractivity contribution in [2.45, 2.75) is 12.5 Å². The number of aliphatic hydroxyl groups excluding tert-OH is 1. The van der Waals surface area contributed by atoms with Crippen LogP contribution in [-0.2, 0) is 0 Å². The van der Waals surface area contributed by atoms with Gasteiger partial charge in [-0.15, -0.1) is 0 Å². The molecule has 1 aromatic heterocycles. The third kappa shape index (κ3) is 3.80. The number of hydrogen-bond acceptors (Lipinski definition) is 6. The molecule has 1 heterocycles. The van der Waals surface area contributed by atoms with E-state index in [1.165, 1.54) is 6.07 Å². The molecular formula is C11H14ClN5O2. The third-order valence-electron chi connectivity index (χ3n) is 2.71. The van der Waals surface area contributed by atoms with E-state index in [1.807, 2.05) is 12.2 Å². The van der Waals surface area contributed by atoms with Gasteiger partial charge in [0, 0.05) is 24.6 Å². The Morgan fingerprint density at radius 3 is 2.84 bits per heavy atom. The van der Waals surface area contributed by atoms with E-state index in [-0.39, 0.29) is 30.3 Å². The summed E-state index contributed by atoms with van der Waals surface area (Å²) in [6.45, 7) is 0.119. The van der Waals surface area contributed by atoms with Crippen molar-refractivity contribution in [2.75, 3.05) is 23.0 Å². The van der Waals surface area contributed by atoms with Crippen molar-refractivity contribution < 1.29 is 9.90 Å². The van der Waals surface area contributed by atoms with Crippen molar-refractivity contribution in [1.82, 2.24) is 9.97 Å². The molecule has 19 heavy (non-hydrogen) atoms. The zero-order valence-corrected chi connectivity index (χ0v) is 10.8. The minimum atomic E-state index is -0.745. The topological polar surface area (TPSA) is 113 Å². The normalized spacial score (nSPS) is 21.4. The van der Waals surface area contributed by atoms with Crippen LogP contribution in [0, 0.1) is 5.92 Å². The second kappa shape index (κ2) is 5.85. The van der Waals surface area contributed by atoms with Gasteiger partial charge in [0.1, 0.15) is 11.6 Å². The first kappa shape index (κ1) is 13.6. The zero-order valence-electron chi connectivity index (χ0n) is 10.0. The van der Waals surface area contributed by atoms with Gasteiger partial charge in [0.15, 0.2) is 0 Å². The van der Waals surface area contributed by atoms with Crippen molar-refractivity contribution in [1.29, 1.82) is 0 Å². The van der Waals surface area contributed by atoms with Gasteiger partial charge in [0.25, 0.3) is 0 Å². The molecule has 0 fully saturated rings. The third-order valence-corrected chi connectivity index (χ3v) is 2.80. The molecular weight excluding hydrogens is 270 g/mol. The summed E-state index contributed by atoms with van der Waals surface area (Å²) in [5.41, 5.74) is 5.55. The van der Waals surface area contributed by atoms with Crippen LogP contribution < -0.4 is 16.4 Å². The fourth-order valence-corrected chi connectivity index (χ4v) is 2.01. The number of halogens is 1. The second-order valence-electron chi connectivity index (χ2n) is 4.21. The fourth-order valence-electron chi connectivity index (χ4n) is 1.91. The molecule has 0 spiro atoms. The lowest BCUT2D eigenvalue weighted by molar-refractivity contribution is 0.250. The Morgan fingerprint density at radius 1 is 1.47 bits per heavy atom. The smallest absolute Gasteiger partial charge is 0.319 e. The molecule has 1 amide bonds. The van der Waals surface area contributed by atoms with E-state index < -0.39 is 5.37 Å². The summed E-state index contributed by atoms with van der Waals surface area (Å²) >= 11 is 5.21. The standard InChI is InChI=1S/C11H14ClN5O2/c12-10(19)15-9-4-8(16-11(13)17-9)14-7-2-1-6(3-7)5-18/h1-2,4,6-7,18H,3,5H2,(H4,13,14,15,16,17,19)/t6-,7+/m1/s1. The molecule has 1 aromatic rings. The van der Waals surface area contributed by atoms with Gasteiger partial charge < -0.3 is 16.2 Å². The van der Waals surface area contributed by atoms with Crippen LogP contribution in [0.4, 0.5) is 22.4 Å². The average Bonchev–Trinajstić information content (AvgIpc) is 2.74. The molecule has 0 aliphatic heterocycles. The van der Waals surface area contributed by atoms with E-state index in [4.69, 9.17) is 22.4 Å². The number of carbonyl (C=O) groups excluding carboxylic acids is 1. The van der Waals surface area contributed by atoms with Gasteiger partial charge in [-0.2, -0.15) is 9.97 Å².